The van der Waals surface area contributed by atoms with Crippen molar-refractivity contribution in [1.29, 1.82) is 0 Å². The van der Waals surface area contributed by atoms with Crippen LogP contribution in [0.25, 0.3) is 0 Å². The fourth-order valence-corrected chi connectivity index (χ4v) is 11.4. The number of aromatic nitrogens is 2. The van der Waals surface area contributed by atoms with Crippen LogP contribution in [0.1, 0.15) is 68.5 Å². The minimum absolute atomic E-state index is 0.0556. The van der Waals surface area contributed by atoms with Crippen LogP contribution in [0.15, 0.2) is 20.3 Å². The second-order valence-electron chi connectivity index (χ2n) is 13.1. The van der Waals surface area contributed by atoms with Crippen LogP contribution >= 0.6 is 15.9 Å². The molecule has 3 heterocycles. The summed E-state index contributed by atoms with van der Waals surface area (Å²) in [6.45, 7) is 24.3. The molecule has 0 amide bonds. The summed E-state index contributed by atoms with van der Waals surface area (Å²) in [5, 5.41) is -0.457. The Bertz CT molecular complexity index is 1020. The molecule has 0 spiro atoms. The number of aromatic amines is 1. The van der Waals surface area contributed by atoms with Crippen LogP contribution in [0.2, 0.25) is 28.2 Å². The third-order valence-corrected chi connectivity index (χ3v) is 17.6. The number of ether oxygens (including phenoxy) is 1. The Morgan fingerprint density at radius 3 is 2.15 bits per heavy atom. The molecule has 2 aliphatic heterocycles. The number of nitrogens with zero attached hydrogens (tertiary/aromatic N) is 1. The second-order valence-corrected chi connectivity index (χ2v) is 23.4. The van der Waals surface area contributed by atoms with E-state index in [9.17, 15) is 9.59 Å². The topological polar surface area (TPSA) is 91.8 Å². The van der Waals surface area contributed by atoms with Gasteiger partial charge in [-0.2, -0.15) is 0 Å². The molecule has 0 aromatic carbocycles. The summed E-state index contributed by atoms with van der Waals surface area (Å²) in [7, 11) is -5.08. The highest BCUT2D eigenvalue weighted by Gasteiger charge is 2.65. The largest absolute Gasteiger partial charge is 0.407 e. The molecule has 2 aliphatic rings. The SMILES string of the molecule is CC(C)(C)[Si](C)(C)O[C@H]1[C@@H]2O[Si](C(C)(C)C)(C(C)(C)C)OC[C@H]2O[C@H]1n1cc(Br)c(=O)[nH]c1=O. The van der Waals surface area contributed by atoms with Crippen molar-refractivity contribution in [3.63, 3.8) is 0 Å². The number of hydrogen-bond donors (Lipinski definition) is 1. The molecule has 1 N–H and O–H groups in total. The highest BCUT2D eigenvalue weighted by atomic mass is 79.9. The zero-order valence-corrected chi connectivity index (χ0v) is 26.0. The summed E-state index contributed by atoms with van der Waals surface area (Å²) in [6.07, 6.45) is -0.581. The summed E-state index contributed by atoms with van der Waals surface area (Å²) in [5.41, 5.74) is -1.03. The summed E-state index contributed by atoms with van der Waals surface area (Å²) in [5.74, 6) is 0. The van der Waals surface area contributed by atoms with E-state index in [1.54, 1.807) is 0 Å². The van der Waals surface area contributed by atoms with E-state index in [-0.39, 0.29) is 25.7 Å². The van der Waals surface area contributed by atoms with Gasteiger partial charge in [0.1, 0.15) is 18.3 Å². The van der Waals surface area contributed by atoms with Gasteiger partial charge in [-0.3, -0.25) is 14.3 Å². The van der Waals surface area contributed by atoms with Crippen molar-refractivity contribution >= 4 is 32.8 Å². The lowest BCUT2D eigenvalue weighted by molar-refractivity contribution is -0.0809. The van der Waals surface area contributed by atoms with Crippen molar-refractivity contribution in [3.8, 4) is 0 Å². The van der Waals surface area contributed by atoms with Gasteiger partial charge in [0.05, 0.1) is 11.1 Å². The van der Waals surface area contributed by atoms with Gasteiger partial charge in [-0.1, -0.05) is 62.3 Å². The Morgan fingerprint density at radius 1 is 1.09 bits per heavy atom. The Morgan fingerprint density at radius 2 is 1.65 bits per heavy atom. The Balaban J connectivity index is 2.14. The molecule has 34 heavy (non-hydrogen) atoms. The van der Waals surface area contributed by atoms with Crippen molar-refractivity contribution < 1.29 is 18.0 Å². The van der Waals surface area contributed by atoms with Gasteiger partial charge in [-0.05, 0) is 34.1 Å². The van der Waals surface area contributed by atoms with Crippen LogP contribution in [0.5, 0.6) is 0 Å². The average Bonchev–Trinajstić information content (AvgIpc) is 2.98. The molecule has 0 aliphatic carbocycles. The van der Waals surface area contributed by atoms with Crippen LogP contribution in [0, 0.1) is 0 Å². The zero-order chi connectivity index (χ0) is 26.1. The maximum atomic E-state index is 12.8. The van der Waals surface area contributed by atoms with Gasteiger partial charge >= 0.3 is 14.3 Å². The molecular weight excluding hydrogens is 536 g/mol. The quantitative estimate of drug-likeness (QED) is 0.506. The van der Waals surface area contributed by atoms with E-state index in [4.69, 9.17) is 18.0 Å². The minimum Gasteiger partial charge on any atom is -0.407 e. The molecule has 1 aromatic rings. The smallest absolute Gasteiger partial charge is 0.349 e. The molecule has 3 rings (SSSR count). The van der Waals surface area contributed by atoms with E-state index in [1.807, 2.05) is 0 Å². The number of H-pyrrole nitrogens is 1. The average molecular weight is 578 g/mol. The van der Waals surface area contributed by atoms with E-state index in [2.05, 4.69) is 96.3 Å². The molecule has 11 heteroatoms. The summed E-state index contributed by atoms with van der Waals surface area (Å²) in [6, 6.07) is 0. The number of fused-ring (bicyclic) bond motifs is 1. The molecule has 0 saturated carbocycles. The first-order valence-electron chi connectivity index (χ1n) is 11.9. The first kappa shape index (κ1) is 28.0. The van der Waals surface area contributed by atoms with Crippen molar-refractivity contribution in [2.45, 2.75) is 115 Å². The molecular formula is C23H41BrN2O6Si2. The van der Waals surface area contributed by atoms with Gasteiger partial charge in [0.25, 0.3) is 5.56 Å². The highest BCUT2D eigenvalue weighted by Crippen LogP contribution is 2.56. The fourth-order valence-electron chi connectivity index (χ4n) is 4.84. The van der Waals surface area contributed by atoms with Crippen molar-refractivity contribution in [2.75, 3.05) is 6.61 Å². The summed E-state index contributed by atoms with van der Waals surface area (Å²) < 4.78 is 28.6. The van der Waals surface area contributed by atoms with Crippen molar-refractivity contribution in [1.82, 2.24) is 9.55 Å². The molecule has 2 fully saturated rings. The van der Waals surface area contributed by atoms with E-state index >= 15 is 0 Å². The molecule has 4 atom stereocenters. The predicted octanol–water partition coefficient (Wildman–Crippen LogP) is 5.04. The van der Waals surface area contributed by atoms with E-state index in [0.717, 1.165) is 0 Å². The number of rotatable bonds is 3. The van der Waals surface area contributed by atoms with E-state index in [0.29, 0.717) is 6.61 Å². The maximum absolute atomic E-state index is 12.8. The maximum Gasteiger partial charge on any atom is 0.349 e. The second kappa shape index (κ2) is 8.77. The lowest BCUT2D eigenvalue weighted by Gasteiger charge is -2.54. The Kier molecular flexibility index (Phi) is 7.23. The summed E-state index contributed by atoms with van der Waals surface area (Å²) in [4.78, 5) is 27.2. The predicted molar refractivity (Wildman–Crippen MR) is 141 cm³/mol. The van der Waals surface area contributed by atoms with Crippen LogP contribution in [0.4, 0.5) is 0 Å². The normalized spacial score (nSPS) is 28.1. The molecule has 0 bridgehead atoms. The molecule has 0 unspecified atom stereocenters. The monoisotopic (exact) mass is 576 g/mol. The first-order chi connectivity index (χ1) is 15.2. The van der Waals surface area contributed by atoms with Gasteiger partial charge in [0.15, 0.2) is 14.5 Å². The lowest BCUT2D eigenvalue weighted by atomic mass is 10.1. The van der Waals surface area contributed by atoms with Gasteiger partial charge in [-0.25, -0.2) is 4.79 Å². The van der Waals surface area contributed by atoms with Gasteiger partial charge in [0.2, 0.25) is 0 Å². The molecule has 1 aromatic heterocycles. The Hall–Kier alpha value is -0.566. The standard InChI is InChI=1S/C23H41BrN2O6Si2/c1-21(2,3)33(10,11)31-17-16-15(13-29-34(32-16,22(4,5)6)23(7,8)9)30-19(17)26-12-14(24)18(27)25-20(26)28/h12,15-17,19H,13H2,1-11H3,(H,25,27,28)/t15-,16-,17+,19-/m1/s1. The molecule has 0 radical (unpaired) electrons. The lowest BCUT2D eigenvalue weighted by Crippen LogP contribution is -2.66. The fraction of sp³-hybridized carbons (Fsp3) is 0.826. The van der Waals surface area contributed by atoms with Crippen molar-refractivity contribution in [2.24, 2.45) is 0 Å². The van der Waals surface area contributed by atoms with E-state index in [1.165, 1.54) is 10.8 Å². The number of nitrogens with one attached hydrogen (secondary N) is 1. The van der Waals surface area contributed by atoms with Crippen molar-refractivity contribution in [3.05, 3.63) is 31.5 Å². The third kappa shape index (κ3) is 4.73. The van der Waals surface area contributed by atoms with Crippen LogP contribution in [0.3, 0.4) is 0 Å². The summed E-state index contributed by atoms with van der Waals surface area (Å²) >= 11 is 3.25. The van der Waals surface area contributed by atoms with Gasteiger partial charge in [0, 0.05) is 16.3 Å². The molecule has 8 nitrogen and oxygen atoms in total. The van der Waals surface area contributed by atoms with E-state index < -0.39 is 46.6 Å². The minimum atomic E-state index is -2.80. The Labute approximate surface area is 213 Å². The van der Waals surface area contributed by atoms with Crippen LogP contribution in [-0.2, 0) is 18.0 Å². The van der Waals surface area contributed by atoms with Crippen LogP contribution in [-0.4, -0.2) is 51.3 Å². The van der Waals surface area contributed by atoms with Gasteiger partial charge in [-0.15, -0.1) is 0 Å². The van der Waals surface area contributed by atoms with Crippen LogP contribution < -0.4 is 11.2 Å². The zero-order valence-electron chi connectivity index (χ0n) is 22.4. The number of halogens is 1. The molecule has 2 saturated heterocycles. The molecule has 194 valence electrons. The highest BCUT2D eigenvalue weighted by molar-refractivity contribution is 9.10. The van der Waals surface area contributed by atoms with Gasteiger partial charge < -0.3 is 18.0 Å². The third-order valence-electron chi connectivity index (χ3n) is 7.45. The number of hydrogen-bond acceptors (Lipinski definition) is 6. The first-order valence-corrected chi connectivity index (χ1v) is 17.4.